The summed E-state index contributed by atoms with van der Waals surface area (Å²) < 4.78 is 108. The van der Waals surface area contributed by atoms with Crippen molar-refractivity contribution in [1.29, 1.82) is 0 Å². The first-order chi connectivity index (χ1) is 28.1. The third-order valence-corrected chi connectivity index (χ3v) is 14.1. The monoisotopic (exact) mass is 879 g/mol. The summed E-state index contributed by atoms with van der Waals surface area (Å²) in [7, 11) is -12.7. The van der Waals surface area contributed by atoms with Gasteiger partial charge < -0.3 is 9.64 Å². The summed E-state index contributed by atoms with van der Waals surface area (Å²) in [5, 5.41) is 0. The number of allylic oxidation sites excluding steroid dienone is 7. The van der Waals surface area contributed by atoms with E-state index in [9.17, 15) is 38.9 Å². The molecule has 0 aromatic heterocycles. The van der Waals surface area contributed by atoms with E-state index >= 15 is 0 Å². The summed E-state index contributed by atoms with van der Waals surface area (Å²) in [6, 6.07) is 20.4. The van der Waals surface area contributed by atoms with Crippen molar-refractivity contribution in [3.05, 3.63) is 130 Å². The highest BCUT2D eigenvalue weighted by Crippen LogP contribution is 2.49. The lowest BCUT2D eigenvalue weighted by Gasteiger charge is -2.27. The quantitative estimate of drug-likeness (QED) is 0.0713. The van der Waals surface area contributed by atoms with Crippen molar-refractivity contribution >= 4 is 47.4 Å². The van der Waals surface area contributed by atoms with Crippen molar-refractivity contribution < 1.29 is 48.2 Å². The minimum atomic E-state index is -4.48. The van der Waals surface area contributed by atoms with Gasteiger partial charge in [0.25, 0.3) is 30.4 Å². The average molecular weight is 880 g/mol. The van der Waals surface area contributed by atoms with Crippen LogP contribution in [0.5, 0.6) is 5.75 Å². The maximum absolute atomic E-state index is 12.2. The van der Waals surface area contributed by atoms with Crippen molar-refractivity contribution in [2.45, 2.75) is 95.3 Å². The minimum Gasteiger partial charge on any atom is -0.457 e. The van der Waals surface area contributed by atoms with E-state index in [0.29, 0.717) is 55.8 Å². The van der Waals surface area contributed by atoms with Crippen molar-refractivity contribution in [3.8, 4) is 5.75 Å². The molecule has 60 heavy (non-hydrogen) atoms. The van der Waals surface area contributed by atoms with Crippen LogP contribution in [0.3, 0.4) is 0 Å². The molecule has 2 heterocycles. The fourth-order valence-corrected chi connectivity index (χ4v) is 10.2. The molecule has 0 bridgehead atoms. The van der Waals surface area contributed by atoms with Gasteiger partial charge in [-0.25, -0.2) is 0 Å². The van der Waals surface area contributed by atoms with Gasteiger partial charge in [0.05, 0.1) is 21.8 Å². The number of rotatable bonds is 16. The van der Waals surface area contributed by atoms with E-state index in [-0.39, 0.29) is 28.2 Å². The average Bonchev–Trinajstić information content (AvgIpc) is 3.50. The van der Waals surface area contributed by atoms with Gasteiger partial charge in [0.2, 0.25) is 5.69 Å². The molecule has 0 amide bonds. The lowest BCUT2D eigenvalue weighted by atomic mass is 9.81. The molecule has 322 valence electrons. The van der Waals surface area contributed by atoms with E-state index in [1.54, 1.807) is 6.07 Å². The molecule has 3 aromatic carbocycles. The topological polar surface area (TPSA) is 179 Å². The molecule has 6 rings (SSSR count). The lowest BCUT2D eigenvalue weighted by Crippen LogP contribution is -2.28. The van der Waals surface area contributed by atoms with E-state index in [1.165, 1.54) is 17.7 Å². The van der Waals surface area contributed by atoms with Crippen LogP contribution in [0.1, 0.15) is 89.3 Å². The van der Waals surface area contributed by atoms with Crippen LogP contribution < -0.4 is 9.64 Å². The zero-order valence-electron chi connectivity index (χ0n) is 34.8. The first-order valence-electron chi connectivity index (χ1n) is 20.2. The molecule has 3 aliphatic rings. The largest absolute Gasteiger partial charge is 0.457 e. The van der Waals surface area contributed by atoms with E-state index in [1.807, 2.05) is 60.9 Å². The van der Waals surface area contributed by atoms with Crippen LogP contribution in [0.4, 0.5) is 11.4 Å². The molecule has 3 aromatic rings. The Hall–Kier alpha value is -4.38. The number of hydrogen-bond donors (Lipinski definition) is 3. The fraction of sp³-hybridized carbons (Fsp3) is 0.400. The number of para-hydroxylation sites is 1. The number of unbranched alkanes of at least 4 members (excludes halogenated alkanes) is 2. The Morgan fingerprint density at radius 3 is 2.10 bits per heavy atom. The van der Waals surface area contributed by atoms with Crippen molar-refractivity contribution in [2.24, 2.45) is 0 Å². The van der Waals surface area contributed by atoms with E-state index in [2.05, 4.69) is 56.0 Å². The van der Waals surface area contributed by atoms with Gasteiger partial charge >= 0.3 is 0 Å². The highest BCUT2D eigenvalue weighted by atomic mass is 32.2. The Labute approximate surface area is 354 Å². The molecule has 0 saturated carbocycles. The maximum Gasteiger partial charge on any atom is 0.294 e. The molecule has 0 spiro atoms. The van der Waals surface area contributed by atoms with Crippen LogP contribution in [0, 0.1) is 6.92 Å². The molecular formula is C45H55N2O10S3+. The number of aryl methyl sites for hydroxylation is 1. The predicted molar refractivity (Wildman–Crippen MR) is 235 cm³/mol. The van der Waals surface area contributed by atoms with Gasteiger partial charge in [-0.05, 0) is 118 Å². The molecule has 0 fully saturated rings. The van der Waals surface area contributed by atoms with Crippen LogP contribution in [0.15, 0.2) is 119 Å². The highest BCUT2D eigenvalue weighted by molar-refractivity contribution is 7.86. The van der Waals surface area contributed by atoms with E-state index in [4.69, 9.17) is 4.74 Å². The number of ether oxygens (including phenoxy) is 1. The first-order valence-corrected chi connectivity index (χ1v) is 24.8. The van der Waals surface area contributed by atoms with Gasteiger partial charge in [0.1, 0.15) is 18.1 Å². The molecule has 15 heteroatoms. The van der Waals surface area contributed by atoms with E-state index < -0.39 is 35.8 Å². The zero-order valence-corrected chi connectivity index (χ0v) is 37.2. The van der Waals surface area contributed by atoms with Gasteiger partial charge in [-0.1, -0.05) is 55.8 Å². The van der Waals surface area contributed by atoms with E-state index in [0.717, 1.165) is 52.3 Å². The number of benzene rings is 3. The third kappa shape index (κ3) is 10.4. The standard InChI is InChI=1S/C45H54N2O10S3/c1-32-18-22-39-37(30-32)44(2,3)41(46(39)26-9-11-28-58(48,49)50)24-19-33-14-13-15-34(43(33)57-35-16-7-6-8-17-35)20-25-42-45(4,5)38-31-36(60(54,55)56)21-23-40(38)47(42)27-10-12-29-59(51,52)53/h6-8,16-25,30-31H,9-15,26-29H2,1-5H3,(H2-,48,49,50,51,52,53,54,55,56)/p+1. The molecule has 0 atom stereocenters. The van der Waals surface area contributed by atoms with Gasteiger partial charge in [0, 0.05) is 47.5 Å². The molecule has 12 nitrogen and oxygen atoms in total. The molecule has 1 aliphatic carbocycles. The smallest absolute Gasteiger partial charge is 0.294 e. The Kier molecular flexibility index (Phi) is 13.2. The fourth-order valence-electron chi connectivity index (χ4n) is 8.51. The number of hydrogen-bond acceptors (Lipinski definition) is 8. The Morgan fingerprint density at radius 1 is 0.750 bits per heavy atom. The Balaban J connectivity index is 1.43. The number of fused-ring (bicyclic) bond motifs is 2. The second-order valence-corrected chi connectivity index (χ2v) is 21.4. The first kappa shape index (κ1) is 45.2. The Morgan fingerprint density at radius 2 is 1.43 bits per heavy atom. The highest BCUT2D eigenvalue weighted by Gasteiger charge is 2.45. The van der Waals surface area contributed by atoms with Crippen molar-refractivity contribution in [2.75, 3.05) is 29.5 Å². The molecule has 0 radical (unpaired) electrons. The molecule has 2 aliphatic heterocycles. The summed E-state index contributed by atoms with van der Waals surface area (Å²) in [5.74, 6) is 0.709. The predicted octanol–water partition coefficient (Wildman–Crippen LogP) is 8.64. The van der Waals surface area contributed by atoms with Crippen molar-refractivity contribution in [1.82, 2.24) is 0 Å². The normalized spacial score (nSPS) is 19.2. The SMILES string of the molecule is Cc1ccc2c(c1)C(C)(C)C(=CC=C1CCCC(C=CC3=[N+](CCCCS(=O)(=O)O)c4ccc(S(=O)(=O)O)cc4C3(C)C)=C1Oc1ccccc1)N2CCCCS(=O)(=O)O. The molecular weight excluding hydrogens is 825 g/mol. The molecule has 0 saturated heterocycles. The lowest BCUT2D eigenvalue weighted by molar-refractivity contribution is -0.438. The van der Waals surface area contributed by atoms with Gasteiger partial charge in [-0.3, -0.25) is 13.7 Å². The second-order valence-electron chi connectivity index (χ2n) is 16.8. The molecule has 0 unspecified atom stereocenters. The summed E-state index contributed by atoms with van der Waals surface area (Å²) in [4.78, 5) is 2.03. The second kappa shape index (κ2) is 17.5. The van der Waals surface area contributed by atoms with Crippen LogP contribution >= 0.6 is 0 Å². The summed E-state index contributed by atoms with van der Waals surface area (Å²) in [6.45, 7) is 11.3. The Bertz CT molecular complexity index is 2640. The van der Waals surface area contributed by atoms with Gasteiger partial charge in [-0.2, -0.15) is 29.8 Å². The van der Waals surface area contributed by atoms with Crippen LogP contribution in [0.25, 0.3) is 0 Å². The summed E-state index contributed by atoms with van der Waals surface area (Å²) >= 11 is 0. The van der Waals surface area contributed by atoms with Crippen LogP contribution in [-0.2, 0) is 41.2 Å². The summed E-state index contributed by atoms with van der Waals surface area (Å²) in [6.07, 6.45) is 12.1. The number of anilines is 1. The maximum atomic E-state index is 12.2. The van der Waals surface area contributed by atoms with Crippen LogP contribution in [0.2, 0.25) is 0 Å². The zero-order chi connectivity index (χ0) is 43.7. The van der Waals surface area contributed by atoms with Gasteiger partial charge in [0.15, 0.2) is 5.71 Å². The minimum absolute atomic E-state index is 0.219. The van der Waals surface area contributed by atoms with Crippen LogP contribution in [-0.4, -0.2) is 73.8 Å². The summed E-state index contributed by atoms with van der Waals surface area (Å²) in [5.41, 5.74) is 7.55. The number of nitrogens with zero attached hydrogens (tertiary/aromatic N) is 2. The third-order valence-electron chi connectivity index (χ3n) is 11.6. The van der Waals surface area contributed by atoms with Gasteiger partial charge in [-0.15, -0.1) is 0 Å². The molecule has 3 N–H and O–H groups in total. The van der Waals surface area contributed by atoms with Crippen molar-refractivity contribution in [3.63, 3.8) is 0 Å².